The van der Waals surface area contributed by atoms with Crippen LogP contribution in [-0.2, 0) is 6.54 Å². The molecule has 1 aliphatic rings. The number of benzene rings is 3. The first kappa shape index (κ1) is 22.0. The highest BCUT2D eigenvalue weighted by Crippen LogP contribution is 2.34. The Morgan fingerprint density at radius 2 is 1.82 bits per heavy atom. The molecule has 2 N–H and O–H groups in total. The van der Waals surface area contributed by atoms with Crippen molar-refractivity contribution in [3.8, 4) is 11.3 Å². The molecule has 1 aromatic heterocycles. The van der Waals surface area contributed by atoms with Crippen LogP contribution < -0.4 is 10.6 Å². The molecule has 0 saturated carbocycles. The second kappa shape index (κ2) is 9.57. The summed E-state index contributed by atoms with van der Waals surface area (Å²) < 4.78 is 6.15. The van der Waals surface area contributed by atoms with Gasteiger partial charge in [0.05, 0.1) is 16.3 Å². The van der Waals surface area contributed by atoms with Gasteiger partial charge in [-0.15, -0.1) is 0 Å². The number of furan rings is 1. The van der Waals surface area contributed by atoms with Gasteiger partial charge in [-0.25, -0.2) is 0 Å². The second-order valence-electron chi connectivity index (χ2n) is 8.13. The van der Waals surface area contributed by atoms with Crippen molar-refractivity contribution < 1.29 is 9.21 Å². The summed E-state index contributed by atoms with van der Waals surface area (Å²) >= 11 is 12.2. The third-order valence-corrected chi connectivity index (χ3v) is 6.36. The molecule has 168 valence electrons. The predicted molar refractivity (Wildman–Crippen MR) is 134 cm³/mol. The number of nitrogens with one attached hydrogen (secondary N) is 2. The average molecular weight is 480 g/mol. The van der Waals surface area contributed by atoms with Gasteiger partial charge in [-0.3, -0.25) is 9.69 Å². The minimum Gasteiger partial charge on any atom is -0.456 e. The number of piperazine rings is 1. The Bertz CT molecular complexity index is 1310. The molecule has 33 heavy (non-hydrogen) atoms. The molecule has 4 aromatic rings. The maximum absolute atomic E-state index is 12.9. The van der Waals surface area contributed by atoms with Crippen LogP contribution in [0.4, 0.5) is 5.69 Å². The molecular weight excluding hydrogens is 457 g/mol. The number of para-hydroxylation sites is 1. The van der Waals surface area contributed by atoms with Gasteiger partial charge in [0, 0.05) is 48.7 Å². The Balaban J connectivity index is 1.41. The molecule has 0 spiro atoms. The molecule has 5 nitrogen and oxygen atoms in total. The van der Waals surface area contributed by atoms with Crippen molar-refractivity contribution in [1.29, 1.82) is 0 Å². The summed E-state index contributed by atoms with van der Waals surface area (Å²) in [5.41, 5.74) is 3.88. The van der Waals surface area contributed by atoms with Crippen LogP contribution in [0.25, 0.3) is 22.3 Å². The number of carbonyl (C=O) groups is 1. The highest BCUT2D eigenvalue weighted by atomic mass is 35.5. The fraction of sp³-hybridized carbons (Fsp3) is 0.192. The Morgan fingerprint density at radius 3 is 2.64 bits per heavy atom. The summed E-state index contributed by atoms with van der Waals surface area (Å²) in [6.45, 7) is 5.09. The number of hydrogen-bond acceptors (Lipinski definition) is 4. The van der Waals surface area contributed by atoms with Crippen molar-refractivity contribution in [1.82, 2.24) is 10.2 Å². The van der Waals surface area contributed by atoms with E-state index in [0.29, 0.717) is 27.1 Å². The van der Waals surface area contributed by atoms with E-state index in [0.717, 1.165) is 49.3 Å². The number of anilines is 1. The molecule has 0 bridgehead atoms. The largest absolute Gasteiger partial charge is 0.456 e. The Labute approximate surface area is 202 Å². The third-order valence-electron chi connectivity index (χ3n) is 5.81. The first-order chi connectivity index (χ1) is 16.1. The van der Waals surface area contributed by atoms with Gasteiger partial charge < -0.3 is 15.1 Å². The molecule has 1 amide bonds. The zero-order valence-electron chi connectivity index (χ0n) is 17.9. The van der Waals surface area contributed by atoms with Gasteiger partial charge in [-0.05, 0) is 54.1 Å². The molecule has 0 radical (unpaired) electrons. The number of nitrogens with zero attached hydrogens (tertiary/aromatic N) is 1. The van der Waals surface area contributed by atoms with E-state index in [1.807, 2.05) is 36.4 Å². The van der Waals surface area contributed by atoms with Crippen LogP contribution >= 0.6 is 23.2 Å². The van der Waals surface area contributed by atoms with Crippen molar-refractivity contribution in [3.63, 3.8) is 0 Å². The quantitative estimate of drug-likeness (QED) is 0.365. The van der Waals surface area contributed by atoms with E-state index in [1.165, 1.54) is 5.56 Å². The molecule has 0 unspecified atom stereocenters. The normalized spacial score (nSPS) is 14.5. The monoisotopic (exact) mass is 479 g/mol. The molecule has 7 heteroatoms. The van der Waals surface area contributed by atoms with E-state index >= 15 is 0 Å². The zero-order valence-corrected chi connectivity index (χ0v) is 19.4. The fourth-order valence-corrected chi connectivity index (χ4v) is 4.62. The number of fused-ring (bicyclic) bond motifs is 1. The maximum atomic E-state index is 12.9. The van der Waals surface area contributed by atoms with Crippen molar-refractivity contribution in [2.45, 2.75) is 6.54 Å². The minimum absolute atomic E-state index is 0.304. The SMILES string of the molecule is O=C(Nc1ccccc1-c1cc2cc(CN3CCNCC3)ccc2o1)c1ccc(Cl)cc1Cl. The molecule has 1 saturated heterocycles. The number of rotatable bonds is 5. The van der Waals surface area contributed by atoms with Gasteiger partial charge >= 0.3 is 0 Å². The summed E-state index contributed by atoms with van der Waals surface area (Å²) in [6, 6.07) is 20.7. The molecule has 1 aliphatic heterocycles. The Hall–Kier alpha value is -2.83. The lowest BCUT2D eigenvalue weighted by molar-refractivity contribution is 0.102. The lowest BCUT2D eigenvalue weighted by atomic mass is 10.1. The number of hydrogen-bond donors (Lipinski definition) is 2. The smallest absolute Gasteiger partial charge is 0.257 e. The standard InChI is InChI=1S/C26H23Cl2N3O2/c27-19-6-7-20(22(28)15-19)26(32)30-23-4-2-1-3-21(23)25-14-18-13-17(5-8-24(18)33-25)16-31-11-9-29-10-12-31/h1-8,13-15,29H,9-12,16H2,(H,30,32). The highest BCUT2D eigenvalue weighted by Gasteiger charge is 2.16. The van der Waals surface area contributed by atoms with E-state index in [4.69, 9.17) is 27.6 Å². The lowest BCUT2D eigenvalue weighted by Crippen LogP contribution is -2.42. The molecule has 5 rings (SSSR count). The van der Waals surface area contributed by atoms with Crippen molar-refractivity contribution in [3.05, 3.63) is 87.9 Å². The fourth-order valence-electron chi connectivity index (χ4n) is 4.12. The summed E-state index contributed by atoms with van der Waals surface area (Å²) in [5, 5.41) is 8.17. The maximum Gasteiger partial charge on any atom is 0.257 e. The number of amides is 1. The van der Waals surface area contributed by atoms with E-state index in [-0.39, 0.29) is 5.91 Å². The number of carbonyl (C=O) groups excluding carboxylic acids is 1. The predicted octanol–water partition coefficient (Wildman–Crippen LogP) is 6.06. The van der Waals surface area contributed by atoms with Gasteiger partial charge in [0.15, 0.2) is 0 Å². The molecule has 2 heterocycles. The van der Waals surface area contributed by atoms with E-state index < -0.39 is 0 Å². The van der Waals surface area contributed by atoms with Crippen molar-refractivity contribution in [2.24, 2.45) is 0 Å². The van der Waals surface area contributed by atoms with Crippen LogP contribution in [0.3, 0.4) is 0 Å². The van der Waals surface area contributed by atoms with Crippen molar-refractivity contribution >= 4 is 45.8 Å². The van der Waals surface area contributed by atoms with E-state index in [1.54, 1.807) is 18.2 Å². The first-order valence-corrected chi connectivity index (χ1v) is 11.6. The molecule has 1 fully saturated rings. The summed E-state index contributed by atoms with van der Waals surface area (Å²) in [7, 11) is 0. The Kier molecular flexibility index (Phi) is 6.38. The highest BCUT2D eigenvalue weighted by molar-refractivity contribution is 6.37. The van der Waals surface area contributed by atoms with Gasteiger partial charge in [0.2, 0.25) is 0 Å². The van der Waals surface area contributed by atoms with Crippen LogP contribution in [0.1, 0.15) is 15.9 Å². The van der Waals surface area contributed by atoms with Gasteiger partial charge in [-0.1, -0.05) is 41.4 Å². The molecule has 0 atom stereocenters. The van der Waals surface area contributed by atoms with E-state index in [9.17, 15) is 4.79 Å². The van der Waals surface area contributed by atoms with Crippen LogP contribution in [0.15, 0.2) is 71.1 Å². The van der Waals surface area contributed by atoms with Crippen LogP contribution in [0.2, 0.25) is 10.0 Å². The summed E-state index contributed by atoms with van der Waals surface area (Å²) in [4.78, 5) is 15.3. The summed E-state index contributed by atoms with van der Waals surface area (Å²) in [6.07, 6.45) is 0. The number of halogens is 2. The van der Waals surface area contributed by atoms with E-state index in [2.05, 4.69) is 27.7 Å². The minimum atomic E-state index is -0.307. The summed E-state index contributed by atoms with van der Waals surface area (Å²) in [5.74, 6) is 0.390. The molecule has 3 aromatic carbocycles. The van der Waals surface area contributed by atoms with Crippen LogP contribution in [0.5, 0.6) is 0 Å². The van der Waals surface area contributed by atoms with Gasteiger partial charge in [0.25, 0.3) is 5.91 Å². The topological polar surface area (TPSA) is 57.5 Å². The first-order valence-electron chi connectivity index (χ1n) is 10.9. The Morgan fingerprint density at radius 1 is 1.00 bits per heavy atom. The van der Waals surface area contributed by atoms with Crippen LogP contribution in [-0.4, -0.2) is 37.0 Å². The van der Waals surface area contributed by atoms with Crippen molar-refractivity contribution in [2.75, 3.05) is 31.5 Å². The van der Waals surface area contributed by atoms with Gasteiger partial charge in [0.1, 0.15) is 11.3 Å². The van der Waals surface area contributed by atoms with Gasteiger partial charge in [-0.2, -0.15) is 0 Å². The molecule has 0 aliphatic carbocycles. The third kappa shape index (κ3) is 4.92. The lowest BCUT2D eigenvalue weighted by Gasteiger charge is -2.27. The average Bonchev–Trinajstić information content (AvgIpc) is 3.23. The zero-order chi connectivity index (χ0) is 22.8. The second-order valence-corrected chi connectivity index (χ2v) is 8.98. The van der Waals surface area contributed by atoms with Crippen LogP contribution in [0, 0.1) is 0 Å². The molecular formula is C26H23Cl2N3O2.